The second-order valence-corrected chi connectivity index (χ2v) is 12.4. The Kier molecular flexibility index (Phi) is 9.29. The fraction of sp³-hybridized carbons (Fsp3) is 0.158. The smallest absolute Gasteiger partial charge is 0.265 e. The SMILES string of the molecule is Cc1ccc(NC(=O)c2ccc(CNCc3cc(F)c4c(c3)C(=O)N(C3CCC(=O)NC3=O)C4=O)cc2)cc1Nc1nccc(-c2cccnc2)n1. The number of rotatable bonds is 10. The minimum Gasteiger partial charge on any atom is -0.324 e. The van der Waals surface area contributed by atoms with Gasteiger partial charge in [0.2, 0.25) is 17.8 Å². The first kappa shape index (κ1) is 33.8. The van der Waals surface area contributed by atoms with Gasteiger partial charge in [-0.05, 0) is 84.6 Å². The molecule has 0 radical (unpaired) electrons. The highest BCUT2D eigenvalue weighted by atomic mass is 19.1. The molecule has 0 aliphatic carbocycles. The van der Waals surface area contributed by atoms with Crippen molar-refractivity contribution in [2.45, 2.75) is 38.9 Å². The number of benzene rings is 3. The van der Waals surface area contributed by atoms with E-state index in [2.05, 4.69) is 36.2 Å². The van der Waals surface area contributed by atoms with Gasteiger partial charge in [0.05, 0.1) is 16.8 Å². The average Bonchev–Trinajstić information content (AvgIpc) is 3.39. The highest BCUT2D eigenvalue weighted by molar-refractivity contribution is 6.23. The number of carbonyl (C=O) groups is 5. The zero-order chi connectivity index (χ0) is 36.4. The summed E-state index contributed by atoms with van der Waals surface area (Å²) in [6, 6.07) is 19.5. The number of aromatic nitrogens is 3. The van der Waals surface area contributed by atoms with Crippen molar-refractivity contribution in [2.75, 3.05) is 10.6 Å². The Labute approximate surface area is 296 Å². The predicted molar refractivity (Wildman–Crippen MR) is 188 cm³/mol. The summed E-state index contributed by atoms with van der Waals surface area (Å²) in [6.45, 7) is 2.48. The van der Waals surface area contributed by atoms with Gasteiger partial charge >= 0.3 is 0 Å². The number of amides is 5. The number of hydrogen-bond donors (Lipinski definition) is 4. The molecule has 1 fully saturated rings. The van der Waals surface area contributed by atoms with Gasteiger partial charge in [-0.15, -0.1) is 0 Å². The van der Waals surface area contributed by atoms with Crippen LogP contribution in [0.5, 0.6) is 0 Å². The maximum absolute atomic E-state index is 15.1. The zero-order valence-corrected chi connectivity index (χ0v) is 27.8. The Bertz CT molecular complexity index is 2250. The summed E-state index contributed by atoms with van der Waals surface area (Å²) in [7, 11) is 0. The lowest BCUT2D eigenvalue weighted by molar-refractivity contribution is -0.136. The second-order valence-electron chi connectivity index (χ2n) is 12.4. The summed E-state index contributed by atoms with van der Waals surface area (Å²) in [5, 5.41) is 11.5. The molecule has 1 atom stereocenters. The molecule has 7 rings (SSSR count). The number of hydrogen-bond acceptors (Lipinski definition) is 10. The fourth-order valence-electron chi connectivity index (χ4n) is 6.08. The summed E-state index contributed by atoms with van der Waals surface area (Å²) >= 11 is 0. The maximum atomic E-state index is 15.1. The van der Waals surface area contributed by atoms with Gasteiger partial charge in [-0.2, -0.15) is 0 Å². The molecule has 0 saturated carbocycles. The molecule has 52 heavy (non-hydrogen) atoms. The van der Waals surface area contributed by atoms with Crippen LogP contribution in [0.3, 0.4) is 0 Å². The Morgan fingerprint density at radius 3 is 2.52 bits per heavy atom. The number of halogens is 1. The van der Waals surface area contributed by atoms with Crippen molar-refractivity contribution in [1.29, 1.82) is 0 Å². The predicted octanol–water partition coefficient (Wildman–Crippen LogP) is 4.67. The summed E-state index contributed by atoms with van der Waals surface area (Å²) in [6.07, 6.45) is 5.04. The topological polar surface area (TPSA) is 175 Å². The number of nitrogens with zero attached hydrogens (tertiary/aromatic N) is 4. The lowest BCUT2D eigenvalue weighted by Gasteiger charge is -2.27. The number of pyridine rings is 1. The van der Waals surface area contributed by atoms with Crippen LogP contribution < -0.4 is 21.3 Å². The molecule has 1 unspecified atom stereocenters. The Morgan fingerprint density at radius 1 is 0.942 bits per heavy atom. The first-order valence-corrected chi connectivity index (χ1v) is 16.4. The van der Waals surface area contributed by atoms with Crippen LogP contribution in [0.15, 0.2) is 91.4 Å². The van der Waals surface area contributed by atoms with Gasteiger partial charge in [0.25, 0.3) is 17.7 Å². The van der Waals surface area contributed by atoms with Crippen LogP contribution in [0.25, 0.3) is 11.3 Å². The zero-order valence-electron chi connectivity index (χ0n) is 27.8. The molecule has 14 heteroatoms. The first-order valence-electron chi connectivity index (χ1n) is 16.4. The molecule has 4 heterocycles. The van der Waals surface area contributed by atoms with Gasteiger partial charge < -0.3 is 16.0 Å². The number of aryl methyl sites for hydroxylation is 1. The number of carbonyl (C=O) groups excluding carboxylic acids is 5. The standard InChI is InChI=1S/C38H31FN8O5/c1-21-4-9-26(17-30(21)45-38-42-14-12-29(44-38)25-3-2-13-40-20-25)43-34(49)24-7-5-22(6-8-24)18-41-19-23-15-27-33(28(39)16-23)37(52)47(36(27)51)31-10-11-32(48)46-35(31)50/h2-9,12-17,20,31,41H,10-11,18-19H2,1H3,(H,43,49)(H,42,44,45)(H,46,48,50). The summed E-state index contributed by atoms with van der Waals surface area (Å²) in [5.74, 6) is -3.68. The number of imide groups is 2. The molecule has 260 valence electrons. The van der Waals surface area contributed by atoms with Crippen molar-refractivity contribution >= 4 is 46.9 Å². The van der Waals surface area contributed by atoms with Gasteiger partial charge in [0.15, 0.2) is 0 Å². The number of anilines is 3. The highest BCUT2D eigenvalue weighted by Crippen LogP contribution is 2.31. The molecule has 2 aliphatic heterocycles. The highest BCUT2D eigenvalue weighted by Gasteiger charge is 2.46. The van der Waals surface area contributed by atoms with Gasteiger partial charge in [-0.25, -0.2) is 14.4 Å². The number of nitrogens with one attached hydrogen (secondary N) is 4. The van der Waals surface area contributed by atoms with Crippen LogP contribution in [0.2, 0.25) is 0 Å². The van der Waals surface area contributed by atoms with Crippen LogP contribution in [-0.2, 0) is 22.7 Å². The second kappa shape index (κ2) is 14.3. The summed E-state index contributed by atoms with van der Waals surface area (Å²) in [4.78, 5) is 76.8. The number of piperidine rings is 1. The monoisotopic (exact) mass is 698 g/mol. The van der Waals surface area contributed by atoms with Crippen LogP contribution in [0.4, 0.5) is 21.7 Å². The van der Waals surface area contributed by atoms with E-state index in [9.17, 15) is 24.0 Å². The lowest BCUT2D eigenvalue weighted by atomic mass is 10.0. The molecule has 5 amide bonds. The van der Waals surface area contributed by atoms with Gasteiger partial charge in [0.1, 0.15) is 11.9 Å². The van der Waals surface area contributed by atoms with Gasteiger partial charge in [0, 0.05) is 60.6 Å². The molecule has 13 nitrogen and oxygen atoms in total. The van der Waals surface area contributed by atoms with Crippen LogP contribution in [0, 0.1) is 12.7 Å². The maximum Gasteiger partial charge on any atom is 0.265 e. The quantitative estimate of drug-likeness (QED) is 0.150. The third kappa shape index (κ3) is 7.00. The van der Waals surface area contributed by atoms with Crippen molar-refractivity contribution in [3.63, 3.8) is 0 Å². The Morgan fingerprint density at radius 2 is 1.75 bits per heavy atom. The normalized spacial score (nSPS) is 15.3. The molecule has 2 aliphatic rings. The van der Waals surface area contributed by atoms with Crippen molar-refractivity contribution in [2.24, 2.45) is 0 Å². The van der Waals surface area contributed by atoms with E-state index >= 15 is 4.39 Å². The van der Waals surface area contributed by atoms with E-state index in [0.717, 1.165) is 33.0 Å². The van der Waals surface area contributed by atoms with Crippen LogP contribution >= 0.6 is 0 Å². The lowest BCUT2D eigenvalue weighted by Crippen LogP contribution is -2.54. The van der Waals surface area contributed by atoms with Crippen molar-refractivity contribution in [1.82, 2.24) is 30.5 Å². The molecule has 2 aromatic heterocycles. The van der Waals surface area contributed by atoms with Crippen molar-refractivity contribution in [3.8, 4) is 11.3 Å². The van der Waals surface area contributed by atoms with Crippen molar-refractivity contribution in [3.05, 3.63) is 131 Å². The summed E-state index contributed by atoms with van der Waals surface area (Å²) in [5.41, 5.74) is 5.04. The van der Waals surface area contributed by atoms with E-state index in [-0.39, 0.29) is 36.4 Å². The molecule has 0 spiro atoms. The Hall–Kier alpha value is -6.67. The minimum atomic E-state index is -1.18. The minimum absolute atomic E-state index is 0.0172. The Balaban J connectivity index is 0.948. The third-order valence-electron chi connectivity index (χ3n) is 8.78. The van der Waals surface area contributed by atoms with Gasteiger partial charge in [-0.1, -0.05) is 18.2 Å². The molecule has 1 saturated heterocycles. The van der Waals surface area contributed by atoms with Gasteiger partial charge in [-0.3, -0.25) is 39.2 Å². The molecule has 5 aromatic rings. The molecular formula is C38H31FN8O5. The van der Waals surface area contributed by atoms with E-state index in [0.29, 0.717) is 29.3 Å². The molecule has 0 bridgehead atoms. The third-order valence-corrected chi connectivity index (χ3v) is 8.78. The molecular weight excluding hydrogens is 667 g/mol. The first-order chi connectivity index (χ1) is 25.1. The van der Waals surface area contributed by atoms with Crippen molar-refractivity contribution < 1.29 is 28.4 Å². The number of fused-ring (bicyclic) bond motifs is 1. The molecule has 3 aromatic carbocycles. The largest absolute Gasteiger partial charge is 0.324 e. The fourth-order valence-corrected chi connectivity index (χ4v) is 6.08. The van der Waals surface area contributed by atoms with Crippen LogP contribution in [0.1, 0.15) is 60.6 Å². The average molecular weight is 699 g/mol. The molecule has 4 N–H and O–H groups in total. The van der Waals surface area contributed by atoms with Crippen LogP contribution in [-0.4, -0.2) is 55.4 Å². The van der Waals surface area contributed by atoms with E-state index in [1.807, 2.05) is 31.2 Å². The van der Waals surface area contributed by atoms with E-state index in [4.69, 9.17) is 0 Å². The van der Waals surface area contributed by atoms with E-state index < -0.39 is 35.5 Å². The summed E-state index contributed by atoms with van der Waals surface area (Å²) < 4.78 is 15.1. The van der Waals surface area contributed by atoms with E-state index in [1.54, 1.807) is 55.0 Å². The van der Waals surface area contributed by atoms with E-state index in [1.165, 1.54) is 12.1 Å².